The maximum absolute atomic E-state index is 13.5. The lowest BCUT2D eigenvalue weighted by molar-refractivity contribution is -0.132. The number of amides is 1. The molecule has 0 saturated carbocycles. The Morgan fingerprint density at radius 1 is 1.03 bits per heavy atom. The average Bonchev–Trinajstić information content (AvgIpc) is 3.14. The highest BCUT2D eigenvalue weighted by Gasteiger charge is 2.47. The fourth-order valence-corrected chi connectivity index (χ4v) is 4.67. The lowest BCUT2D eigenvalue weighted by Crippen LogP contribution is -2.29. The van der Waals surface area contributed by atoms with Crippen LogP contribution < -0.4 is 9.64 Å². The predicted octanol–water partition coefficient (Wildman–Crippen LogP) is 6.53. The van der Waals surface area contributed by atoms with Gasteiger partial charge in [-0.3, -0.25) is 19.5 Å². The first-order valence-electron chi connectivity index (χ1n) is 12.6. The summed E-state index contributed by atoms with van der Waals surface area (Å²) in [5.74, 6) is -0.742. The smallest absolute Gasteiger partial charge is 0.300 e. The van der Waals surface area contributed by atoms with Gasteiger partial charge in [0.15, 0.2) is 0 Å². The summed E-state index contributed by atoms with van der Waals surface area (Å²) >= 11 is 0. The van der Waals surface area contributed by atoms with Gasteiger partial charge in [-0.15, -0.1) is 0 Å². The molecule has 0 bridgehead atoms. The van der Waals surface area contributed by atoms with Gasteiger partial charge in [0.25, 0.3) is 11.7 Å². The fraction of sp³-hybridized carbons (Fsp3) is 0.323. The van der Waals surface area contributed by atoms with E-state index in [9.17, 15) is 14.7 Å². The molecule has 1 N–H and O–H groups in total. The van der Waals surface area contributed by atoms with Crippen LogP contribution in [-0.2, 0) is 15.0 Å². The first-order chi connectivity index (χ1) is 17.5. The fourth-order valence-electron chi connectivity index (χ4n) is 4.67. The van der Waals surface area contributed by atoms with Crippen LogP contribution in [0.4, 0.5) is 5.69 Å². The Hall–Kier alpha value is -3.93. The Morgan fingerprint density at radius 3 is 2.24 bits per heavy atom. The minimum atomic E-state index is -0.794. The van der Waals surface area contributed by atoms with Crippen LogP contribution >= 0.6 is 0 Å². The molecular formula is C31H34N2O4. The van der Waals surface area contributed by atoms with Crippen LogP contribution in [0.15, 0.2) is 72.6 Å². The molecule has 37 heavy (non-hydrogen) atoms. The number of rotatable bonds is 6. The van der Waals surface area contributed by atoms with Gasteiger partial charge in [-0.05, 0) is 77.4 Å². The summed E-state index contributed by atoms with van der Waals surface area (Å²) in [5.41, 5.74) is 3.76. The zero-order valence-electron chi connectivity index (χ0n) is 22.3. The zero-order valence-corrected chi connectivity index (χ0v) is 22.3. The van der Waals surface area contributed by atoms with Crippen molar-refractivity contribution >= 4 is 23.1 Å². The Balaban J connectivity index is 1.89. The first kappa shape index (κ1) is 26.1. The minimum absolute atomic E-state index is 0.0509. The van der Waals surface area contributed by atoms with Crippen molar-refractivity contribution in [3.8, 4) is 5.75 Å². The molecule has 1 fully saturated rings. The molecule has 2 aromatic carbocycles. The average molecular weight is 499 g/mol. The highest BCUT2D eigenvalue weighted by Crippen LogP contribution is 2.43. The second-order valence-electron chi connectivity index (χ2n) is 10.6. The highest BCUT2D eigenvalue weighted by molar-refractivity contribution is 6.51. The summed E-state index contributed by atoms with van der Waals surface area (Å²) in [5, 5.41) is 11.5. The van der Waals surface area contributed by atoms with E-state index >= 15 is 0 Å². The molecule has 0 spiro atoms. The van der Waals surface area contributed by atoms with E-state index < -0.39 is 17.7 Å². The van der Waals surface area contributed by atoms with E-state index in [1.807, 2.05) is 51.1 Å². The van der Waals surface area contributed by atoms with Crippen LogP contribution in [0, 0.1) is 0 Å². The van der Waals surface area contributed by atoms with Gasteiger partial charge in [-0.2, -0.15) is 0 Å². The van der Waals surface area contributed by atoms with E-state index in [0.29, 0.717) is 23.4 Å². The maximum Gasteiger partial charge on any atom is 0.300 e. The van der Waals surface area contributed by atoms with E-state index in [-0.39, 0.29) is 22.7 Å². The van der Waals surface area contributed by atoms with Gasteiger partial charge in [0.05, 0.1) is 18.2 Å². The molecule has 1 aromatic heterocycles. The monoisotopic (exact) mass is 498 g/mol. The lowest BCUT2D eigenvalue weighted by atomic mass is 9.87. The first-order valence-corrected chi connectivity index (χ1v) is 12.6. The molecule has 1 amide bonds. The van der Waals surface area contributed by atoms with E-state index in [2.05, 4.69) is 25.8 Å². The third-order valence-corrected chi connectivity index (χ3v) is 6.68. The quantitative estimate of drug-likeness (QED) is 0.238. The molecule has 4 rings (SSSR count). The summed E-state index contributed by atoms with van der Waals surface area (Å²) in [7, 11) is 0. The molecule has 1 atom stereocenters. The van der Waals surface area contributed by atoms with Crippen LogP contribution in [-0.4, -0.2) is 28.4 Å². The number of benzene rings is 2. The van der Waals surface area contributed by atoms with Crippen LogP contribution in [0.25, 0.3) is 5.76 Å². The summed E-state index contributed by atoms with van der Waals surface area (Å²) in [6.07, 6.45) is 3.23. The van der Waals surface area contributed by atoms with E-state index in [1.165, 1.54) is 4.90 Å². The number of hydrogen-bond acceptors (Lipinski definition) is 5. The van der Waals surface area contributed by atoms with Crippen LogP contribution in [0.2, 0.25) is 0 Å². The molecule has 1 saturated heterocycles. The van der Waals surface area contributed by atoms with Crippen molar-refractivity contribution in [2.75, 3.05) is 11.5 Å². The standard InChI is InChI=1S/C31H34N2O4/c1-7-37-25-13-8-21(18-24(25)19(2)3)28(34)26-27(20-14-16-32-17-15-20)33(30(36)29(26)35)23-11-9-22(10-12-23)31(4,5)6/h8-19,27,34H,7H2,1-6H3/b28-26-. The number of hydrogen-bond donors (Lipinski definition) is 1. The molecule has 6 heteroatoms. The van der Waals surface area contributed by atoms with Gasteiger partial charge in [0.1, 0.15) is 11.5 Å². The third kappa shape index (κ3) is 5.01. The Bertz CT molecular complexity index is 1340. The van der Waals surface area contributed by atoms with Crippen molar-refractivity contribution in [1.29, 1.82) is 0 Å². The van der Waals surface area contributed by atoms with Crippen molar-refractivity contribution in [1.82, 2.24) is 4.98 Å². The second-order valence-corrected chi connectivity index (χ2v) is 10.6. The Labute approximate surface area is 218 Å². The molecule has 6 nitrogen and oxygen atoms in total. The largest absolute Gasteiger partial charge is 0.507 e. The van der Waals surface area contributed by atoms with E-state index in [0.717, 1.165) is 16.9 Å². The topological polar surface area (TPSA) is 79.7 Å². The van der Waals surface area contributed by atoms with E-state index in [4.69, 9.17) is 4.74 Å². The van der Waals surface area contributed by atoms with Crippen LogP contribution in [0.3, 0.4) is 0 Å². The van der Waals surface area contributed by atoms with Crippen molar-refractivity contribution < 1.29 is 19.4 Å². The van der Waals surface area contributed by atoms with Gasteiger partial charge >= 0.3 is 0 Å². The lowest BCUT2D eigenvalue weighted by Gasteiger charge is -2.26. The molecule has 2 heterocycles. The van der Waals surface area contributed by atoms with Gasteiger partial charge in [0, 0.05) is 23.6 Å². The van der Waals surface area contributed by atoms with E-state index in [1.54, 1.807) is 36.7 Å². The molecule has 3 aromatic rings. The summed E-state index contributed by atoms with van der Waals surface area (Å²) in [4.78, 5) is 32.4. The van der Waals surface area contributed by atoms with Gasteiger partial charge in [-0.25, -0.2) is 0 Å². The number of pyridine rings is 1. The molecule has 1 aliphatic rings. The van der Waals surface area contributed by atoms with Crippen LogP contribution in [0.1, 0.15) is 75.8 Å². The predicted molar refractivity (Wildman–Crippen MR) is 146 cm³/mol. The number of aliphatic hydroxyl groups is 1. The molecule has 0 radical (unpaired) electrons. The summed E-state index contributed by atoms with van der Waals surface area (Å²) in [6, 6.07) is 15.7. The van der Waals surface area contributed by atoms with Crippen molar-refractivity contribution in [3.63, 3.8) is 0 Å². The number of carbonyl (C=O) groups is 2. The van der Waals surface area contributed by atoms with Gasteiger partial charge < -0.3 is 9.84 Å². The summed E-state index contributed by atoms with van der Waals surface area (Å²) in [6.45, 7) is 12.9. The molecule has 192 valence electrons. The minimum Gasteiger partial charge on any atom is -0.507 e. The third-order valence-electron chi connectivity index (χ3n) is 6.68. The number of aliphatic hydroxyl groups excluding tert-OH is 1. The number of Topliss-reactive ketones (excluding diaryl/α,β-unsaturated/α-hetero) is 1. The molecule has 0 aliphatic carbocycles. The number of nitrogens with zero attached hydrogens (tertiary/aromatic N) is 2. The Morgan fingerprint density at radius 2 is 1.68 bits per heavy atom. The van der Waals surface area contributed by atoms with Gasteiger partial charge in [0.2, 0.25) is 0 Å². The molecule has 1 unspecified atom stereocenters. The molecular weight excluding hydrogens is 464 g/mol. The number of ketones is 1. The number of ether oxygens (including phenoxy) is 1. The van der Waals surface area contributed by atoms with Crippen molar-refractivity contribution in [3.05, 3.63) is 94.8 Å². The summed E-state index contributed by atoms with van der Waals surface area (Å²) < 4.78 is 5.76. The highest BCUT2D eigenvalue weighted by atomic mass is 16.5. The zero-order chi connectivity index (χ0) is 26.9. The van der Waals surface area contributed by atoms with Crippen LogP contribution in [0.5, 0.6) is 5.75 Å². The van der Waals surface area contributed by atoms with Crippen molar-refractivity contribution in [2.24, 2.45) is 0 Å². The maximum atomic E-state index is 13.5. The molecule has 1 aliphatic heterocycles. The normalized spacial score (nSPS) is 17.5. The number of carbonyl (C=O) groups excluding carboxylic acids is 2. The van der Waals surface area contributed by atoms with Crippen molar-refractivity contribution in [2.45, 2.75) is 58.9 Å². The number of anilines is 1. The number of aromatic nitrogens is 1. The van der Waals surface area contributed by atoms with Gasteiger partial charge in [-0.1, -0.05) is 46.8 Å². The second kappa shape index (κ2) is 10.2. The SMILES string of the molecule is CCOc1ccc(/C(O)=C2/C(=O)C(=O)N(c3ccc(C(C)(C)C)cc3)C2c2ccncc2)cc1C(C)C. The Kier molecular flexibility index (Phi) is 7.21.